The van der Waals surface area contributed by atoms with Crippen LogP contribution in [0.2, 0.25) is 0 Å². The summed E-state index contributed by atoms with van der Waals surface area (Å²) in [6.45, 7) is 2.17. The average molecular weight is 448 g/mol. The van der Waals surface area contributed by atoms with Gasteiger partial charge in [0.2, 0.25) is 5.91 Å². The first-order chi connectivity index (χ1) is 14.5. The Morgan fingerprint density at radius 1 is 1.07 bits per heavy atom. The molecular weight excluding hydrogens is 422 g/mol. The lowest BCUT2D eigenvalue weighted by atomic mass is 10.1. The highest BCUT2D eigenvalue weighted by molar-refractivity contribution is 7.91. The van der Waals surface area contributed by atoms with E-state index < -0.39 is 16.1 Å². The van der Waals surface area contributed by atoms with Crippen LogP contribution in [0.15, 0.2) is 46.0 Å². The van der Waals surface area contributed by atoms with Crippen LogP contribution in [-0.2, 0) is 21.4 Å². The maximum Gasteiger partial charge on any atom is 0.253 e. The van der Waals surface area contributed by atoms with Gasteiger partial charge in [-0.2, -0.15) is 4.31 Å². The molecule has 0 radical (unpaired) electrons. The molecule has 2 saturated heterocycles. The summed E-state index contributed by atoms with van der Waals surface area (Å²) in [7, 11) is -3.66. The summed E-state index contributed by atoms with van der Waals surface area (Å²) < 4.78 is 27.3. The quantitative estimate of drug-likeness (QED) is 0.737. The zero-order valence-electron chi connectivity index (χ0n) is 16.6. The molecule has 2 aliphatic rings. The topological polar surface area (TPSA) is 86.8 Å². The van der Waals surface area contributed by atoms with Gasteiger partial charge in [-0.15, -0.1) is 11.3 Å². The Labute approximate surface area is 180 Å². The monoisotopic (exact) mass is 447 g/mol. The van der Waals surface area contributed by atoms with Gasteiger partial charge in [-0.3, -0.25) is 9.59 Å². The summed E-state index contributed by atoms with van der Waals surface area (Å²) in [5.41, 5.74) is 1.44. The van der Waals surface area contributed by atoms with Gasteiger partial charge in [0.1, 0.15) is 10.3 Å². The second-order valence-electron chi connectivity index (χ2n) is 7.62. The molecule has 2 aliphatic heterocycles. The highest BCUT2D eigenvalue weighted by Gasteiger charge is 2.39. The molecule has 4 rings (SSSR count). The number of likely N-dealkylation sites (tertiary alicyclic amines) is 1. The third-order valence-corrected chi connectivity index (χ3v) is 8.88. The van der Waals surface area contributed by atoms with Crippen LogP contribution in [-0.4, -0.2) is 55.1 Å². The molecule has 2 aromatic rings. The van der Waals surface area contributed by atoms with E-state index in [1.165, 1.54) is 4.31 Å². The summed E-state index contributed by atoms with van der Waals surface area (Å²) in [5.74, 6) is -0.284. The minimum absolute atomic E-state index is 0.0182. The van der Waals surface area contributed by atoms with Gasteiger partial charge in [-0.05, 0) is 54.8 Å². The molecule has 0 bridgehead atoms. The minimum Gasteiger partial charge on any atom is -0.351 e. The Balaban J connectivity index is 1.41. The van der Waals surface area contributed by atoms with Crippen molar-refractivity contribution in [3.05, 3.63) is 52.9 Å². The molecule has 1 atom stereocenters. The first-order valence-corrected chi connectivity index (χ1v) is 12.5. The van der Waals surface area contributed by atoms with Crippen molar-refractivity contribution in [2.75, 3.05) is 19.6 Å². The maximum atomic E-state index is 12.8. The molecule has 1 N–H and O–H groups in total. The van der Waals surface area contributed by atoms with E-state index in [0.29, 0.717) is 24.9 Å². The van der Waals surface area contributed by atoms with Crippen LogP contribution in [0.3, 0.4) is 0 Å². The highest BCUT2D eigenvalue weighted by atomic mass is 32.2. The number of rotatable bonds is 6. The van der Waals surface area contributed by atoms with Crippen molar-refractivity contribution in [1.82, 2.24) is 14.5 Å². The molecule has 9 heteroatoms. The van der Waals surface area contributed by atoms with Crippen molar-refractivity contribution in [3.8, 4) is 0 Å². The summed E-state index contributed by atoms with van der Waals surface area (Å²) in [6.07, 6.45) is 3.23. The van der Waals surface area contributed by atoms with E-state index >= 15 is 0 Å². The predicted octanol–water partition coefficient (Wildman–Crippen LogP) is 2.45. The lowest BCUT2D eigenvalue weighted by Gasteiger charge is -2.22. The highest BCUT2D eigenvalue weighted by Crippen LogP contribution is 2.28. The molecule has 1 aromatic carbocycles. The summed E-state index contributed by atoms with van der Waals surface area (Å²) >= 11 is 1.16. The standard InChI is InChI=1S/C21H25N3O4S2/c25-20(18-8-4-12-24(18)30(27,28)19-9-5-13-29-19)22-15-16-6-3-7-17(14-16)21(26)23-10-1-2-11-23/h3,5-7,9,13-14,18H,1-2,4,8,10-12,15H2,(H,22,25). The molecule has 0 spiro atoms. The first kappa shape index (κ1) is 21.0. The Morgan fingerprint density at radius 2 is 1.87 bits per heavy atom. The number of nitrogens with zero attached hydrogens (tertiary/aromatic N) is 2. The fourth-order valence-electron chi connectivity index (χ4n) is 4.04. The third-order valence-electron chi connectivity index (χ3n) is 5.60. The van der Waals surface area contributed by atoms with Crippen molar-refractivity contribution in [2.24, 2.45) is 0 Å². The van der Waals surface area contributed by atoms with Crippen molar-refractivity contribution >= 4 is 33.2 Å². The third kappa shape index (κ3) is 4.28. The zero-order chi connectivity index (χ0) is 21.1. The molecule has 7 nitrogen and oxygen atoms in total. The Hall–Kier alpha value is -2.23. The molecule has 2 amide bonds. The maximum absolute atomic E-state index is 12.8. The first-order valence-electron chi connectivity index (χ1n) is 10.2. The number of hydrogen-bond acceptors (Lipinski definition) is 5. The van der Waals surface area contributed by atoms with E-state index in [-0.39, 0.29) is 22.6 Å². The number of carbonyl (C=O) groups excluding carboxylic acids is 2. The van der Waals surface area contributed by atoms with E-state index in [1.807, 2.05) is 17.0 Å². The van der Waals surface area contributed by atoms with Crippen LogP contribution in [0, 0.1) is 0 Å². The van der Waals surface area contributed by atoms with Crippen LogP contribution in [0.25, 0.3) is 0 Å². The van der Waals surface area contributed by atoms with Crippen molar-refractivity contribution < 1.29 is 18.0 Å². The lowest BCUT2D eigenvalue weighted by Crippen LogP contribution is -2.45. The van der Waals surface area contributed by atoms with Crippen LogP contribution in [0.1, 0.15) is 41.6 Å². The summed E-state index contributed by atoms with van der Waals surface area (Å²) in [4.78, 5) is 27.2. The van der Waals surface area contributed by atoms with Gasteiger partial charge >= 0.3 is 0 Å². The summed E-state index contributed by atoms with van der Waals surface area (Å²) in [6, 6.07) is 9.82. The van der Waals surface area contributed by atoms with E-state index in [0.717, 1.165) is 42.8 Å². The summed E-state index contributed by atoms with van der Waals surface area (Å²) in [5, 5.41) is 4.57. The Morgan fingerprint density at radius 3 is 2.60 bits per heavy atom. The molecular formula is C21H25N3O4S2. The van der Waals surface area contributed by atoms with Crippen molar-refractivity contribution in [2.45, 2.75) is 42.5 Å². The van der Waals surface area contributed by atoms with Crippen LogP contribution in [0.5, 0.6) is 0 Å². The molecule has 160 valence electrons. The Kier molecular flexibility index (Phi) is 6.21. The van der Waals surface area contributed by atoms with Crippen LogP contribution >= 0.6 is 11.3 Å². The fourth-order valence-corrected chi connectivity index (χ4v) is 6.82. The molecule has 1 unspecified atom stereocenters. The van der Waals surface area contributed by atoms with Crippen molar-refractivity contribution in [1.29, 1.82) is 0 Å². The van der Waals surface area contributed by atoms with Gasteiger partial charge in [0.25, 0.3) is 15.9 Å². The van der Waals surface area contributed by atoms with Gasteiger partial charge in [-0.1, -0.05) is 18.2 Å². The molecule has 0 saturated carbocycles. The number of benzene rings is 1. The van der Waals surface area contributed by atoms with E-state index in [9.17, 15) is 18.0 Å². The zero-order valence-corrected chi connectivity index (χ0v) is 18.3. The van der Waals surface area contributed by atoms with Gasteiger partial charge < -0.3 is 10.2 Å². The second kappa shape index (κ2) is 8.87. The number of nitrogens with one attached hydrogen (secondary N) is 1. The fraction of sp³-hybridized carbons (Fsp3) is 0.429. The molecule has 3 heterocycles. The minimum atomic E-state index is -3.66. The van der Waals surface area contributed by atoms with Crippen molar-refractivity contribution in [3.63, 3.8) is 0 Å². The SMILES string of the molecule is O=C(NCc1cccc(C(=O)N2CCCC2)c1)C1CCCN1S(=O)(=O)c1cccs1. The number of sulfonamides is 1. The van der Waals surface area contributed by atoms with Gasteiger partial charge in [0, 0.05) is 31.7 Å². The second-order valence-corrected chi connectivity index (χ2v) is 10.7. The van der Waals surface area contributed by atoms with E-state index in [1.54, 1.807) is 29.6 Å². The molecule has 1 aromatic heterocycles. The normalized spacial score (nSPS) is 19.9. The van der Waals surface area contributed by atoms with Crippen LogP contribution in [0.4, 0.5) is 0 Å². The Bertz CT molecular complexity index is 1010. The molecule has 2 fully saturated rings. The number of thiophene rings is 1. The lowest BCUT2D eigenvalue weighted by molar-refractivity contribution is -0.124. The number of carbonyl (C=O) groups is 2. The van der Waals surface area contributed by atoms with Gasteiger partial charge in [0.05, 0.1) is 0 Å². The predicted molar refractivity (Wildman–Crippen MR) is 115 cm³/mol. The van der Waals surface area contributed by atoms with Gasteiger partial charge in [-0.25, -0.2) is 8.42 Å². The smallest absolute Gasteiger partial charge is 0.253 e. The molecule has 0 aliphatic carbocycles. The van der Waals surface area contributed by atoms with Gasteiger partial charge in [0.15, 0.2) is 0 Å². The number of amides is 2. The van der Waals surface area contributed by atoms with E-state index in [2.05, 4.69) is 5.32 Å². The molecule has 30 heavy (non-hydrogen) atoms. The largest absolute Gasteiger partial charge is 0.351 e. The van der Waals surface area contributed by atoms with Crippen LogP contribution < -0.4 is 5.32 Å². The average Bonchev–Trinajstić information content (AvgIpc) is 3.52. The van der Waals surface area contributed by atoms with E-state index in [4.69, 9.17) is 0 Å². The number of hydrogen-bond donors (Lipinski definition) is 1.